The molecule has 0 bridgehead atoms. The molecule has 0 aromatic heterocycles. The van der Waals surface area contributed by atoms with Crippen molar-refractivity contribution in [3.63, 3.8) is 0 Å². The Balaban J connectivity index is 1.79. The Labute approximate surface area is 172 Å². The minimum absolute atomic E-state index is 0.242. The Kier molecular flexibility index (Phi) is 7.65. The number of carbonyl (C=O) groups excluding carboxylic acids is 3. The molecule has 0 aliphatic carbocycles. The van der Waals surface area contributed by atoms with Gasteiger partial charge >= 0.3 is 12.1 Å². The molecule has 0 spiro atoms. The molecule has 2 amide bonds. The molecule has 1 fully saturated rings. The van der Waals surface area contributed by atoms with E-state index in [9.17, 15) is 14.4 Å². The Bertz CT molecular complexity index is 706. The van der Waals surface area contributed by atoms with Gasteiger partial charge in [-0.3, -0.25) is 9.59 Å². The van der Waals surface area contributed by atoms with Gasteiger partial charge in [-0.1, -0.05) is 30.3 Å². The summed E-state index contributed by atoms with van der Waals surface area (Å²) in [6.45, 7) is 8.38. The van der Waals surface area contributed by atoms with Crippen LogP contribution in [0.3, 0.4) is 0 Å². The van der Waals surface area contributed by atoms with E-state index in [0.717, 1.165) is 5.56 Å². The van der Waals surface area contributed by atoms with E-state index >= 15 is 0 Å². The van der Waals surface area contributed by atoms with Crippen LogP contribution in [0.5, 0.6) is 0 Å². The molecule has 1 aromatic rings. The number of likely N-dealkylation sites (tertiary alicyclic amines) is 1. The van der Waals surface area contributed by atoms with Crippen molar-refractivity contribution in [3.8, 4) is 0 Å². The zero-order chi connectivity index (χ0) is 21.6. The van der Waals surface area contributed by atoms with Crippen LogP contribution < -0.4 is 0 Å². The predicted molar refractivity (Wildman–Crippen MR) is 109 cm³/mol. The largest absolute Gasteiger partial charge is 0.452 e. The number of hydrogen-bond acceptors (Lipinski definition) is 5. The average molecular weight is 405 g/mol. The van der Waals surface area contributed by atoms with E-state index in [1.807, 2.05) is 51.1 Å². The van der Waals surface area contributed by atoms with Crippen molar-refractivity contribution in [2.45, 2.75) is 58.8 Å². The van der Waals surface area contributed by atoms with E-state index in [1.165, 1.54) is 0 Å². The van der Waals surface area contributed by atoms with Gasteiger partial charge in [-0.05, 0) is 46.1 Å². The molecule has 0 unspecified atom stereocenters. The van der Waals surface area contributed by atoms with Gasteiger partial charge in [-0.25, -0.2) is 4.79 Å². The van der Waals surface area contributed by atoms with Gasteiger partial charge in [0, 0.05) is 26.7 Å². The van der Waals surface area contributed by atoms with E-state index in [4.69, 9.17) is 9.47 Å². The highest BCUT2D eigenvalue weighted by atomic mass is 16.6. The highest BCUT2D eigenvalue weighted by Crippen LogP contribution is 2.21. The van der Waals surface area contributed by atoms with Gasteiger partial charge in [0.1, 0.15) is 5.60 Å². The van der Waals surface area contributed by atoms with Gasteiger partial charge < -0.3 is 19.3 Å². The molecular formula is C22H32N2O5. The van der Waals surface area contributed by atoms with Crippen LogP contribution in [0.15, 0.2) is 30.3 Å². The SMILES string of the molecule is C[C@@H](OC(=O)C1CCN(C(=O)OC(C)(C)C)CC1)C(=O)N(C)Cc1ccccc1. The van der Waals surface area contributed by atoms with Crippen molar-refractivity contribution in [2.75, 3.05) is 20.1 Å². The van der Waals surface area contributed by atoms with Crippen LogP contribution in [0.2, 0.25) is 0 Å². The number of esters is 1. The monoisotopic (exact) mass is 404 g/mol. The second kappa shape index (κ2) is 9.76. The molecule has 0 radical (unpaired) electrons. The van der Waals surface area contributed by atoms with E-state index in [1.54, 1.807) is 23.8 Å². The third kappa shape index (κ3) is 7.07. The zero-order valence-corrected chi connectivity index (χ0v) is 18.0. The Morgan fingerprint density at radius 1 is 1.14 bits per heavy atom. The van der Waals surface area contributed by atoms with Crippen LogP contribution in [0.4, 0.5) is 4.79 Å². The van der Waals surface area contributed by atoms with Crippen LogP contribution >= 0.6 is 0 Å². The fourth-order valence-corrected chi connectivity index (χ4v) is 3.19. The number of nitrogens with zero attached hydrogens (tertiary/aromatic N) is 2. The fraction of sp³-hybridized carbons (Fsp3) is 0.591. The summed E-state index contributed by atoms with van der Waals surface area (Å²) in [5, 5.41) is 0. The lowest BCUT2D eigenvalue weighted by Gasteiger charge is -2.33. The number of piperidine rings is 1. The molecule has 29 heavy (non-hydrogen) atoms. The van der Waals surface area contributed by atoms with Gasteiger partial charge in [0.15, 0.2) is 6.10 Å². The van der Waals surface area contributed by atoms with Gasteiger partial charge in [0.25, 0.3) is 5.91 Å². The third-order valence-electron chi connectivity index (χ3n) is 4.76. The zero-order valence-electron chi connectivity index (χ0n) is 18.0. The van der Waals surface area contributed by atoms with E-state index in [-0.39, 0.29) is 23.9 Å². The first-order valence-corrected chi connectivity index (χ1v) is 10.0. The highest BCUT2D eigenvalue weighted by molar-refractivity contribution is 5.84. The van der Waals surface area contributed by atoms with Crippen molar-refractivity contribution in [1.82, 2.24) is 9.80 Å². The van der Waals surface area contributed by atoms with Crippen LogP contribution in [-0.4, -0.2) is 59.6 Å². The first-order chi connectivity index (χ1) is 13.6. The summed E-state index contributed by atoms with van der Waals surface area (Å²) in [6.07, 6.45) is -0.215. The summed E-state index contributed by atoms with van der Waals surface area (Å²) < 4.78 is 10.8. The maximum atomic E-state index is 12.5. The molecule has 1 atom stereocenters. The molecule has 2 rings (SSSR count). The van der Waals surface area contributed by atoms with Gasteiger partial charge in [-0.2, -0.15) is 0 Å². The number of carbonyl (C=O) groups is 3. The van der Waals surface area contributed by atoms with E-state index < -0.39 is 11.7 Å². The number of rotatable bonds is 5. The second-order valence-corrected chi connectivity index (χ2v) is 8.50. The van der Waals surface area contributed by atoms with Crippen LogP contribution in [-0.2, 0) is 25.6 Å². The molecular weight excluding hydrogens is 372 g/mol. The van der Waals surface area contributed by atoms with Crippen molar-refractivity contribution >= 4 is 18.0 Å². The van der Waals surface area contributed by atoms with E-state index in [2.05, 4.69) is 0 Å². The Hall–Kier alpha value is -2.57. The maximum absolute atomic E-state index is 12.5. The molecule has 0 N–H and O–H groups in total. The standard InChI is InChI=1S/C22H32N2O5/c1-16(19(25)23(5)15-17-9-7-6-8-10-17)28-20(26)18-11-13-24(14-12-18)21(27)29-22(2,3)4/h6-10,16,18H,11-15H2,1-5H3/t16-/m1/s1. The average Bonchev–Trinajstić information content (AvgIpc) is 2.66. The summed E-state index contributed by atoms with van der Waals surface area (Å²) >= 11 is 0. The summed E-state index contributed by atoms with van der Waals surface area (Å²) in [5.41, 5.74) is 0.463. The summed E-state index contributed by atoms with van der Waals surface area (Å²) in [6, 6.07) is 9.64. The molecule has 1 aliphatic rings. The van der Waals surface area contributed by atoms with Crippen LogP contribution in [0.25, 0.3) is 0 Å². The van der Waals surface area contributed by atoms with Gasteiger partial charge in [0.05, 0.1) is 5.92 Å². The van der Waals surface area contributed by atoms with Crippen LogP contribution in [0, 0.1) is 5.92 Å². The third-order valence-corrected chi connectivity index (χ3v) is 4.76. The highest BCUT2D eigenvalue weighted by Gasteiger charge is 2.32. The molecule has 7 heteroatoms. The quantitative estimate of drug-likeness (QED) is 0.705. The Morgan fingerprint density at radius 3 is 2.28 bits per heavy atom. The van der Waals surface area contributed by atoms with E-state index in [0.29, 0.717) is 32.5 Å². The number of likely N-dealkylation sites (N-methyl/N-ethyl adjacent to an activating group) is 1. The van der Waals surface area contributed by atoms with Crippen molar-refractivity contribution in [3.05, 3.63) is 35.9 Å². The molecule has 1 aromatic carbocycles. The maximum Gasteiger partial charge on any atom is 0.410 e. The molecule has 7 nitrogen and oxygen atoms in total. The summed E-state index contributed by atoms with van der Waals surface area (Å²) in [7, 11) is 1.69. The number of hydrogen-bond donors (Lipinski definition) is 0. The topological polar surface area (TPSA) is 76.1 Å². The predicted octanol–water partition coefficient (Wildman–Crippen LogP) is 3.22. The smallest absolute Gasteiger partial charge is 0.410 e. The van der Waals surface area contributed by atoms with Crippen molar-refractivity contribution < 1.29 is 23.9 Å². The first kappa shape index (κ1) is 22.7. The lowest BCUT2D eigenvalue weighted by atomic mass is 9.97. The minimum Gasteiger partial charge on any atom is -0.452 e. The summed E-state index contributed by atoms with van der Waals surface area (Å²) in [4.78, 5) is 40.3. The number of ether oxygens (including phenoxy) is 2. The van der Waals surface area contributed by atoms with Crippen molar-refractivity contribution in [1.29, 1.82) is 0 Å². The van der Waals surface area contributed by atoms with Crippen LogP contribution in [0.1, 0.15) is 46.1 Å². The second-order valence-electron chi connectivity index (χ2n) is 8.50. The fourth-order valence-electron chi connectivity index (χ4n) is 3.19. The Morgan fingerprint density at radius 2 is 1.72 bits per heavy atom. The molecule has 160 valence electrons. The normalized spacial score (nSPS) is 16.1. The molecule has 1 heterocycles. The lowest BCUT2D eigenvalue weighted by molar-refractivity contribution is -0.163. The number of amides is 2. The van der Waals surface area contributed by atoms with Gasteiger partial charge in [-0.15, -0.1) is 0 Å². The molecule has 0 saturated carbocycles. The molecule has 1 saturated heterocycles. The van der Waals surface area contributed by atoms with Gasteiger partial charge in [0.2, 0.25) is 0 Å². The lowest BCUT2D eigenvalue weighted by Crippen LogP contribution is -2.44. The minimum atomic E-state index is -0.847. The molecule has 1 aliphatic heterocycles. The van der Waals surface area contributed by atoms with Crippen molar-refractivity contribution in [2.24, 2.45) is 5.92 Å². The first-order valence-electron chi connectivity index (χ1n) is 10.0. The number of benzene rings is 1. The summed E-state index contributed by atoms with van der Waals surface area (Å²) in [5.74, 6) is -0.945.